The lowest BCUT2D eigenvalue weighted by atomic mass is 10.0. The first kappa shape index (κ1) is 15.7. The lowest BCUT2D eigenvalue weighted by Gasteiger charge is -2.15. The summed E-state index contributed by atoms with van der Waals surface area (Å²) >= 11 is 1.45. The monoisotopic (exact) mass is 309 g/mol. The molecule has 1 aromatic heterocycles. The largest absolute Gasteiger partial charge is 0.396 e. The van der Waals surface area contributed by atoms with Crippen LogP contribution in [0.5, 0.6) is 0 Å². The molecule has 1 unspecified atom stereocenters. The van der Waals surface area contributed by atoms with Crippen molar-refractivity contribution in [2.24, 2.45) is 5.92 Å². The van der Waals surface area contributed by atoms with Crippen LogP contribution in [0.2, 0.25) is 0 Å². The summed E-state index contributed by atoms with van der Waals surface area (Å²) < 4.78 is 0.826. The number of aromatic nitrogens is 1. The first-order valence-electron chi connectivity index (χ1n) is 6.95. The Labute approximate surface area is 127 Å². The van der Waals surface area contributed by atoms with Crippen LogP contribution in [0.1, 0.15) is 24.8 Å². The average molecular weight is 309 g/mol. The zero-order chi connectivity index (χ0) is 15.4. The van der Waals surface area contributed by atoms with Gasteiger partial charge in [-0.25, -0.2) is 4.98 Å². The van der Waals surface area contributed by atoms with Crippen molar-refractivity contribution in [1.29, 1.82) is 0 Å². The number of aliphatic hydroxyl groups excluding tert-OH is 1. The summed E-state index contributed by atoms with van der Waals surface area (Å²) in [7, 11) is 0. The summed E-state index contributed by atoms with van der Waals surface area (Å²) in [6, 6.07) is 3.32. The van der Waals surface area contributed by atoms with Gasteiger partial charge in [-0.05, 0) is 25.3 Å². The minimum Gasteiger partial charge on any atom is -0.396 e. The number of aryl methyl sites for hydroxylation is 1. The van der Waals surface area contributed by atoms with Crippen molar-refractivity contribution in [3.63, 3.8) is 0 Å². The van der Waals surface area contributed by atoms with Crippen LogP contribution in [0, 0.1) is 23.0 Å². The Morgan fingerprint density at radius 1 is 1.52 bits per heavy atom. The van der Waals surface area contributed by atoms with Gasteiger partial charge in [0, 0.05) is 19.2 Å². The predicted octanol–water partition coefficient (Wildman–Crippen LogP) is 3.33. The van der Waals surface area contributed by atoms with Gasteiger partial charge in [-0.2, -0.15) is 0 Å². The van der Waals surface area contributed by atoms with Gasteiger partial charge in [-0.15, -0.1) is 11.3 Å². The Morgan fingerprint density at radius 2 is 2.29 bits per heavy atom. The average Bonchev–Trinajstić information content (AvgIpc) is 2.81. The van der Waals surface area contributed by atoms with E-state index in [1.54, 1.807) is 12.1 Å². The van der Waals surface area contributed by atoms with Gasteiger partial charge in [0.05, 0.1) is 20.1 Å². The van der Waals surface area contributed by atoms with E-state index in [1.807, 2.05) is 13.8 Å². The zero-order valence-corrected chi connectivity index (χ0v) is 12.9. The van der Waals surface area contributed by atoms with Crippen molar-refractivity contribution in [2.45, 2.75) is 26.7 Å². The molecule has 0 saturated heterocycles. The Kier molecular flexibility index (Phi) is 5.08. The maximum absolute atomic E-state index is 11.2. The molecular weight excluding hydrogens is 290 g/mol. The minimum absolute atomic E-state index is 0.0741. The lowest BCUT2D eigenvalue weighted by Crippen LogP contribution is -2.15. The summed E-state index contributed by atoms with van der Waals surface area (Å²) in [6.45, 7) is 4.67. The Balaban J connectivity index is 2.27. The molecule has 21 heavy (non-hydrogen) atoms. The van der Waals surface area contributed by atoms with Crippen LogP contribution in [0.15, 0.2) is 12.1 Å². The minimum atomic E-state index is -0.371. The molecule has 0 bridgehead atoms. The summed E-state index contributed by atoms with van der Waals surface area (Å²) in [5.74, 6) is 0.294. The molecule has 0 aliphatic heterocycles. The number of thiazole rings is 1. The number of nitrogens with one attached hydrogen (secondary N) is 1. The Morgan fingerprint density at radius 3 is 2.90 bits per heavy atom. The van der Waals surface area contributed by atoms with Crippen LogP contribution in [-0.2, 0) is 0 Å². The number of nitrogens with zero attached hydrogens (tertiary/aromatic N) is 2. The van der Waals surface area contributed by atoms with E-state index in [0.717, 1.165) is 21.6 Å². The highest BCUT2D eigenvalue weighted by molar-refractivity contribution is 7.18. The van der Waals surface area contributed by atoms with Gasteiger partial charge in [0.25, 0.3) is 5.69 Å². The van der Waals surface area contributed by atoms with Crippen LogP contribution in [0.25, 0.3) is 10.2 Å². The summed E-state index contributed by atoms with van der Waals surface area (Å²) in [5, 5.41) is 24.3. The maximum atomic E-state index is 11.2. The summed E-state index contributed by atoms with van der Waals surface area (Å²) in [4.78, 5) is 15.2. The van der Waals surface area contributed by atoms with Crippen LogP contribution in [-0.4, -0.2) is 28.2 Å². The molecule has 7 heteroatoms. The molecule has 0 fully saturated rings. The number of aliphatic hydroxyl groups is 1. The lowest BCUT2D eigenvalue weighted by molar-refractivity contribution is -0.383. The molecule has 2 aromatic rings. The second kappa shape index (κ2) is 6.82. The van der Waals surface area contributed by atoms with Crippen molar-refractivity contribution in [1.82, 2.24) is 4.98 Å². The maximum Gasteiger partial charge on any atom is 0.293 e. The Hall–Kier alpha value is -1.73. The quantitative estimate of drug-likeness (QED) is 0.605. The van der Waals surface area contributed by atoms with Crippen molar-refractivity contribution >= 4 is 32.9 Å². The number of anilines is 1. The number of hydrogen-bond acceptors (Lipinski definition) is 6. The third-order valence-electron chi connectivity index (χ3n) is 3.51. The van der Waals surface area contributed by atoms with E-state index in [-0.39, 0.29) is 17.2 Å². The summed E-state index contributed by atoms with van der Waals surface area (Å²) in [6.07, 6.45) is 1.61. The fraction of sp³-hybridized carbons (Fsp3) is 0.500. The highest BCUT2D eigenvalue weighted by atomic mass is 32.1. The van der Waals surface area contributed by atoms with Gasteiger partial charge in [0.15, 0.2) is 0 Å². The van der Waals surface area contributed by atoms with Gasteiger partial charge in [0.2, 0.25) is 0 Å². The van der Waals surface area contributed by atoms with Gasteiger partial charge in [0.1, 0.15) is 5.69 Å². The van der Waals surface area contributed by atoms with Crippen molar-refractivity contribution in [3.8, 4) is 0 Å². The van der Waals surface area contributed by atoms with Crippen molar-refractivity contribution in [3.05, 3.63) is 27.3 Å². The molecule has 1 atom stereocenters. The number of rotatable bonds is 7. The highest BCUT2D eigenvalue weighted by Crippen LogP contribution is 2.33. The first-order valence-corrected chi connectivity index (χ1v) is 7.77. The van der Waals surface area contributed by atoms with Gasteiger partial charge < -0.3 is 10.4 Å². The van der Waals surface area contributed by atoms with E-state index in [9.17, 15) is 10.1 Å². The molecule has 1 aromatic carbocycles. The SMILES string of the molecule is CCC(CCO)CNc1cc2nc(C)sc2cc1[N+](=O)[O-]. The van der Waals surface area contributed by atoms with Gasteiger partial charge >= 0.3 is 0 Å². The normalized spacial score (nSPS) is 12.5. The molecule has 6 nitrogen and oxygen atoms in total. The molecule has 0 aliphatic carbocycles. The molecule has 0 spiro atoms. The fourth-order valence-corrected chi connectivity index (χ4v) is 3.10. The van der Waals surface area contributed by atoms with Crippen molar-refractivity contribution < 1.29 is 10.0 Å². The number of nitro benzene ring substituents is 1. The molecule has 1 heterocycles. The van der Waals surface area contributed by atoms with E-state index in [1.165, 1.54) is 11.3 Å². The van der Waals surface area contributed by atoms with E-state index >= 15 is 0 Å². The molecule has 0 aliphatic rings. The molecular formula is C14H19N3O3S. The molecule has 0 amide bonds. The smallest absolute Gasteiger partial charge is 0.293 e. The van der Waals surface area contributed by atoms with E-state index in [2.05, 4.69) is 10.3 Å². The topological polar surface area (TPSA) is 88.3 Å². The number of fused-ring (bicyclic) bond motifs is 1. The highest BCUT2D eigenvalue weighted by Gasteiger charge is 2.18. The molecule has 2 rings (SSSR count). The van der Waals surface area contributed by atoms with Crippen LogP contribution in [0.3, 0.4) is 0 Å². The van der Waals surface area contributed by atoms with E-state index in [0.29, 0.717) is 24.6 Å². The first-order chi connectivity index (χ1) is 10.0. The van der Waals surface area contributed by atoms with Crippen LogP contribution in [0.4, 0.5) is 11.4 Å². The second-order valence-electron chi connectivity index (χ2n) is 4.99. The number of benzene rings is 1. The fourth-order valence-electron chi connectivity index (χ4n) is 2.26. The Bertz CT molecular complexity index is 642. The van der Waals surface area contributed by atoms with E-state index < -0.39 is 0 Å². The zero-order valence-electron chi connectivity index (χ0n) is 12.1. The van der Waals surface area contributed by atoms with Crippen LogP contribution < -0.4 is 5.32 Å². The number of nitro groups is 1. The van der Waals surface area contributed by atoms with Gasteiger partial charge in [-0.1, -0.05) is 13.3 Å². The molecule has 0 saturated carbocycles. The second-order valence-corrected chi connectivity index (χ2v) is 6.23. The standard InChI is InChI=1S/C14H19N3O3S/c1-3-10(4-5-18)8-15-11-6-12-14(21-9(2)16-12)7-13(11)17(19)20/h6-7,10,15,18H,3-5,8H2,1-2H3. The van der Waals surface area contributed by atoms with Gasteiger partial charge in [-0.3, -0.25) is 10.1 Å². The summed E-state index contributed by atoms with van der Waals surface area (Å²) in [5.41, 5.74) is 1.35. The molecule has 114 valence electrons. The van der Waals surface area contributed by atoms with E-state index in [4.69, 9.17) is 5.11 Å². The third kappa shape index (κ3) is 3.68. The third-order valence-corrected chi connectivity index (χ3v) is 4.44. The van der Waals surface area contributed by atoms with Crippen LogP contribution >= 0.6 is 11.3 Å². The molecule has 0 radical (unpaired) electrons. The molecule has 2 N–H and O–H groups in total. The van der Waals surface area contributed by atoms with Crippen molar-refractivity contribution in [2.75, 3.05) is 18.5 Å². The number of hydrogen-bond donors (Lipinski definition) is 2. The predicted molar refractivity (Wildman–Crippen MR) is 85.0 cm³/mol.